The Kier molecular flexibility index (Phi) is 5.68. The van der Waals surface area contributed by atoms with Gasteiger partial charge in [0.1, 0.15) is 0 Å². The van der Waals surface area contributed by atoms with Crippen LogP contribution in [0.2, 0.25) is 0 Å². The fraction of sp³-hybridized carbons (Fsp3) is 0.632. The van der Waals surface area contributed by atoms with E-state index < -0.39 is 0 Å². The van der Waals surface area contributed by atoms with E-state index in [0.717, 1.165) is 32.1 Å². The summed E-state index contributed by atoms with van der Waals surface area (Å²) in [5.41, 5.74) is 1.43. The maximum atomic E-state index is 12.6. The first-order chi connectivity index (χ1) is 11.2. The summed E-state index contributed by atoms with van der Waals surface area (Å²) >= 11 is 0. The Morgan fingerprint density at radius 2 is 1.78 bits per heavy atom. The number of morpholine rings is 1. The van der Waals surface area contributed by atoms with Gasteiger partial charge in [-0.3, -0.25) is 9.69 Å². The number of benzene rings is 1. The summed E-state index contributed by atoms with van der Waals surface area (Å²) in [5.74, 6) is 1.02. The van der Waals surface area contributed by atoms with E-state index in [9.17, 15) is 4.79 Å². The van der Waals surface area contributed by atoms with Gasteiger partial charge in [-0.1, -0.05) is 30.3 Å². The number of ether oxygens (including phenoxy) is 1. The standard InChI is InChI=1S/C19H28N2O2/c1-16(19(22)21-11-13-23-14-12-21)20-9-7-18(8-10-20)15-17-5-3-2-4-6-17/h2-6,16,18H,7-15H2,1H3. The maximum absolute atomic E-state index is 12.6. The van der Waals surface area contributed by atoms with E-state index in [1.165, 1.54) is 24.8 Å². The number of carbonyl (C=O) groups is 1. The lowest BCUT2D eigenvalue weighted by Crippen LogP contribution is -2.52. The van der Waals surface area contributed by atoms with E-state index in [1.54, 1.807) is 0 Å². The number of nitrogens with zero attached hydrogens (tertiary/aromatic N) is 2. The van der Waals surface area contributed by atoms with E-state index in [2.05, 4.69) is 42.2 Å². The van der Waals surface area contributed by atoms with Gasteiger partial charge in [0.2, 0.25) is 5.91 Å². The van der Waals surface area contributed by atoms with Gasteiger partial charge >= 0.3 is 0 Å². The third-order valence-corrected chi connectivity index (χ3v) is 5.24. The van der Waals surface area contributed by atoms with Gasteiger partial charge in [0.05, 0.1) is 19.3 Å². The van der Waals surface area contributed by atoms with Crippen molar-refractivity contribution in [2.45, 2.75) is 32.2 Å². The van der Waals surface area contributed by atoms with Crippen LogP contribution in [-0.2, 0) is 16.0 Å². The second-order valence-electron chi connectivity index (χ2n) is 6.78. The monoisotopic (exact) mass is 316 g/mol. The Balaban J connectivity index is 1.47. The van der Waals surface area contributed by atoms with Crippen molar-refractivity contribution in [2.75, 3.05) is 39.4 Å². The van der Waals surface area contributed by atoms with Crippen LogP contribution in [0.25, 0.3) is 0 Å². The van der Waals surface area contributed by atoms with Crippen molar-refractivity contribution in [1.29, 1.82) is 0 Å². The summed E-state index contributed by atoms with van der Waals surface area (Å²) in [5, 5.41) is 0. The molecule has 2 aliphatic rings. The Morgan fingerprint density at radius 1 is 1.13 bits per heavy atom. The molecule has 3 rings (SSSR count). The molecule has 1 amide bonds. The van der Waals surface area contributed by atoms with Gasteiger partial charge in [0.15, 0.2) is 0 Å². The minimum Gasteiger partial charge on any atom is -0.378 e. The minimum absolute atomic E-state index is 0.00535. The highest BCUT2D eigenvalue weighted by Gasteiger charge is 2.30. The van der Waals surface area contributed by atoms with Crippen LogP contribution in [0.3, 0.4) is 0 Å². The zero-order valence-corrected chi connectivity index (χ0v) is 14.1. The molecule has 0 aromatic heterocycles. The van der Waals surface area contributed by atoms with Gasteiger partial charge in [-0.15, -0.1) is 0 Å². The van der Waals surface area contributed by atoms with Crippen molar-refractivity contribution in [1.82, 2.24) is 9.80 Å². The molecule has 1 aromatic rings. The molecular formula is C19H28N2O2. The highest BCUT2D eigenvalue weighted by molar-refractivity contribution is 5.81. The third kappa shape index (κ3) is 4.33. The van der Waals surface area contributed by atoms with Gasteiger partial charge in [-0.05, 0) is 50.8 Å². The maximum Gasteiger partial charge on any atom is 0.239 e. The summed E-state index contributed by atoms with van der Waals surface area (Å²) in [7, 11) is 0. The van der Waals surface area contributed by atoms with Crippen LogP contribution in [0.1, 0.15) is 25.3 Å². The topological polar surface area (TPSA) is 32.8 Å². The van der Waals surface area contributed by atoms with Gasteiger partial charge in [0.25, 0.3) is 0 Å². The molecule has 0 N–H and O–H groups in total. The first-order valence-corrected chi connectivity index (χ1v) is 8.88. The number of hydrogen-bond donors (Lipinski definition) is 0. The van der Waals surface area contributed by atoms with Crippen molar-refractivity contribution < 1.29 is 9.53 Å². The van der Waals surface area contributed by atoms with Crippen LogP contribution in [0.5, 0.6) is 0 Å². The molecule has 2 fully saturated rings. The molecule has 0 bridgehead atoms. The zero-order valence-electron chi connectivity index (χ0n) is 14.1. The van der Waals surface area contributed by atoms with Crippen LogP contribution < -0.4 is 0 Å². The van der Waals surface area contributed by atoms with E-state index in [1.807, 2.05) is 4.90 Å². The van der Waals surface area contributed by atoms with E-state index in [4.69, 9.17) is 4.74 Å². The van der Waals surface area contributed by atoms with Crippen LogP contribution in [-0.4, -0.2) is 61.1 Å². The van der Waals surface area contributed by atoms with Crippen molar-refractivity contribution >= 4 is 5.91 Å². The predicted molar refractivity (Wildman–Crippen MR) is 91.3 cm³/mol. The molecule has 0 spiro atoms. The Bertz CT molecular complexity index is 491. The van der Waals surface area contributed by atoms with Gasteiger partial charge in [0, 0.05) is 13.1 Å². The largest absolute Gasteiger partial charge is 0.378 e. The number of piperidine rings is 1. The quantitative estimate of drug-likeness (QED) is 0.853. The zero-order chi connectivity index (χ0) is 16.1. The highest BCUT2D eigenvalue weighted by Crippen LogP contribution is 2.23. The molecule has 2 heterocycles. The summed E-state index contributed by atoms with van der Waals surface area (Å²) in [6.07, 6.45) is 3.55. The Labute approximate surface area is 139 Å². The van der Waals surface area contributed by atoms with Crippen molar-refractivity contribution in [2.24, 2.45) is 5.92 Å². The molecule has 1 unspecified atom stereocenters. The molecule has 23 heavy (non-hydrogen) atoms. The average molecular weight is 316 g/mol. The Morgan fingerprint density at radius 3 is 2.43 bits per heavy atom. The molecular weight excluding hydrogens is 288 g/mol. The smallest absolute Gasteiger partial charge is 0.239 e. The lowest BCUT2D eigenvalue weighted by Gasteiger charge is -2.38. The molecule has 4 heteroatoms. The van der Waals surface area contributed by atoms with E-state index >= 15 is 0 Å². The summed E-state index contributed by atoms with van der Waals surface area (Å²) < 4.78 is 5.34. The first-order valence-electron chi connectivity index (χ1n) is 8.88. The lowest BCUT2D eigenvalue weighted by molar-refractivity contribution is -0.141. The molecule has 1 aromatic carbocycles. The molecule has 0 saturated carbocycles. The van der Waals surface area contributed by atoms with Gasteiger partial charge in [-0.2, -0.15) is 0 Å². The number of amides is 1. The van der Waals surface area contributed by atoms with Gasteiger partial charge < -0.3 is 9.64 Å². The summed E-state index contributed by atoms with van der Waals surface area (Å²) in [6, 6.07) is 10.8. The Hall–Kier alpha value is -1.39. The second-order valence-corrected chi connectivity index (χ2v) is 6.78. The number of rotatable bonds is 4. The van der Waals surface area contributed by atoms with Crippen LogP contribution in [0.15, 0.2) is 30.3 Å². The predicted octanol–water partition coefficient (Wildman–Crippen LogP) is 2.19. The summed E-state index contributed by atoms with van der Waals surface area (Å²) in [6.45, 7) is 6.98. The molecule has 126 valence electrons. The van der Waals surface area contributed by atoms with Gasteiger partial charge in [-0.25, -0.2) is 0 Å². The minimum atomic E-state index is 0.00535. The fourth-order valence-corrected chi connectivity index (χ4v) is 3.70. The van der Waals surface area contributed by atoms with Crippen LogP contribution >= 0.6 is 0 Å². The molecule has 4 nitrogen and oxygen atoms in total. The first kappa shape index (κ1) is 16.5. The van der Waals surface area contributed by atoms with E-state index in [-0.39, 0.29) is 11.9 Å². The summed E-state index contributed by atoms with van der Waals surface area (Å²) in [4.78, 5) is 16.9. The normalized spacial score (nSPS) is 22.0. The second kappa shape index (κ2) is 7.93. The highest BCUT2D eigenvalue weighted by atomic mass is 16.5. The van der Waals surface area contributed by atoms with Crippen LogP contribution in [0, 0.1) is 5.92 Å². The third-order valence-electron chi connectivity index (χ3n) is 5.24. The molecule has 0 aliphatic carbocycles. The van der Waals surface area contributed by atoms with Crippen LogP contribution in [0.4, 0.5) is 0 Å². The SMILES string of the molecule is CC(C(=O)N1CCOCC1)N1CCC(Cc2ccccc2)CC1. The molecule has 2 saturated heterocycles. The molecule has 2 aliphatic heterocycles. The molecule has 0 radical (unpaired) electrons. The van der Waals surface area contributed by atoms with Crippen molar-refractivity contribution in [3.05, 3.63) is 35.9 Å². The number of carbonyl (C=O) groups excluding carboxylic acids is 1. The number of hydrogen-bond acceptors (Lipinski definition) is 3. The fourth-order valence-electron chi connectivity index (χ4n) is 3.70. The van der Waals surface area contributed by atoms with Crippen molar-refractivity contribution in [3.8, 4) is 0 Å². The van der Waals surface area contributed by atoms with Crippen molar-refractivity contribution in [3.63, 3.8) is 0 Å². The molecule has 1 atom stereocenters. The number of likely N-dealkylation sites (tertiary alicyclic amines) is 1. The lowest BCUT2D eigenvalue weighted by atomic mass is 9.89. The average Bonchev–Trinajstić information content (AvgIpc) is 2.63. The van der Waals surface area contributed by atoms with E-state index in [0.29, 0.717) is 13.2 Å².